The van der Waals surface area contributed by atoms with Gasteiger partial charge in [0.25, 0.3) is 0 Å². The van der Waals surface area contributed by atoms with Gasteiger partial charge >= 0.3 is 0 Å². The summed E-state index contributed by atoms with van der Waals surface area (Å²) in [5, 5.41) is 7.27. The first kappa shape index (κ1) is 12.4. The maximum absolute atomic E-state index is 12.6. The molecule has 3 rings (SSSR count). The van der Waals surface area contributed by atoms with E-state index in [1.54, 1.807) is 6.07 Å². The summed E-state index contributed by atoms with van der Waals surface area (Å²) in [5.41, 5.74) is 10.8. The lowest BCUT2D eigenvalue weighted by atomic mass is 10.0. The molecule has 0 bridgehead atoms. The van der Waals surface area contributed by atoms with Crippen LogP contribution in [-0.4, -0.2) is 16.0 Å². The maximum Gasteiger partial charge on any atom is 0.200 e. The van der Waals surface area contributed by atoms with Gasteiger partial charge in [0.2, 0.25) is 0 Å². The lowest BCUT2D eigenvalue weighted by Crippen LogP contribution is -2.03. The minimum atomic E-state index is -0.0549. The van der Waals surface area contributed by atoms with E-state index in [0.717, 1.165) is 16.8 Å². The van der Waals surface area contributed by atoms with Crippen LogP contribution in [0.2, 0.25) is 0 Å². The molecule has 0 atom stereocenters. The number of anilines is 1. The van der Waals surface area contributed by atoms with Gasteiger partial charge in [-0.25, -0.2) is 0 Å². The Morgan fingerprint density at radius 2 is 2.10 bits per heavy atom. The zero-order valence-electron chi connectivity index (χ0n) is 11.4. The quantitative estimate of drug-likeness (QED) is 0.552. The van der Waals surface area contributed by atoms with Gasteiger partial charge in [-0.15, -0.1) is 0 Å². The van der Waals surface area contributed by atoms with Crippen LogP contribution in [0.15, 0.2) is 36.4 Å². The molecular weight excluding hydrogens is 250 g/mol. The van der Waals surface area contributed by atoms with Crippen LogP contribution < -0.4 is 5.73 Å². The Kier molecular flexibility index (Phi) is 2.79. The lowest BCUT2D eigenvalue weighted by molar-refractivity contribution is 0.104. The van der Waals surface area contributed by atoms with Crippen LogP contribution in [0.4, 0.5) is 5.69 Å². The van der Waals surface area contributed by atoms with Crippen molar-refractivity contribution in [3.05, 3.63) is 53.2 Å². The van der Waals surface area contributed by atoms with E-state index in [2.05, 4.69) is 10.2 Å². The Bertz CT molecular complexity index is 766. The third-order valence-corrected chi connectivity index (χ3v) is 3.52. The SMILES string of the molecule is C/C=C\C(=C/C)c1n[nH]c2c1C(=O)c1c(N)cccc1-2. The Balaban J connectivity index is 2.25. The van der Waals surface area contributed by atoms with Crippen LogP contribution >= 0.6 is 0 Å². The maximum atomic E-state index is 12.6. The number of hydrogen-bond donors (Lipinski definition) is 2. The van der Waals surface area contributed by atoms with Crippen LogP contribution in [-0.2, 0) is 0 Å². The van der Waals surface area contributed by atoms with E-state index in [-0.39, 0.29) is 5.78 Å². The fourth-order valence-electron chi connectivity index (χ4n) is 2.62. The predicted molar refractivity (Wildman–Crippen MR) is 80.3 cm³/mol. The van der Waals surface area contributed by atoms with Crippen molar-refractivity contribution in [1.29, 1.82) is 0 Å². The van der Waals surface area contributed by atoms with Crippen molar-refractivity contribution >= 4 is 17.0 Å². The molecule has 1 aliphatic carbocycles. The number of hydrogen-bond acceptors (Lipinski definition) is 3. The van der Waals surface area contributed by atoms with Crippen molar-refractivity contribution in [2.75, 3.05) is 5.73 Å². The standard InChI is InChI=1S/C16H15N3O/c1-3-6-9(4-2)14-13-15(19-18-14)10-7-5-8-11(17)12(10)16(13)20/h3-8H,17H2,1-2H3,(H,18,19)/b6-3-,9-4+. The van der Waals surface area contributed by atoms with Crippen molar-refractivity contribution < 1.29 is 4.79 Å². The summed E-state index contributed by atoms with van der Waals surface area (Å²) in [7, 11) is 0. The molecule has 1 aliphatic rings. The molecule has 0 unspecified atom stereocenters. The smallest absolute Gasteiger partial charge is 0.200 e. The molecule has 100 valence electrons. The van der Waals surface area contributed by atoms with Gasteiger partial charge < -0.3 is 5.73 Å². The van der Waals surface area contributed by atoms with Crippen molar-refractivity contribution in [2.24, 2.45) is 0 Å². The Labute approximate surface area is 117 Å². The second-order valence-electron chi connectivity index (χ2n) is 4.67. The average molecular weight is 265 g/mol. The number of nitrogen functional groups attached to an aromatic ring is 1. The first-order chi connectivity index (χ1) is 9.69. The molecule has 4 nitrogen and oxygen atoms in total. The van der Waals surface area contributed by atoms with Crippen LogP contribution in [0, 0.1) is 0 Å². The molecule has 0 spiro atoms. The number of ketones is 1. The van der Waals surface area contributed by atoms with E-state index in [9.17, 15) is 4.79 Å². The highest BCUT2D eigenvalue weighted by molar-refractivity contribution is 6.25. The molecule has 0 amide bonds. The first-order valence-corrected chi connectivity index (χ1v) is 6.50. The number of aromatic amines is 1. The number of fused-ring (bicyclic) bond motifs is 3. The van der Waals surface area contributed by atoms with Crippen LogP contribution in [0.1, 0.15) is 35.5 Å². The molecular formula is C16H15N3O. The Morgan fingerprint density at radius 3 is 2.80 bits per heavy atom. The molecule has 0 saturated heterocycles. The normalized spacial score (nSPS) is 13.9. The van der Waals surface area contributed by atoms with E-state index in [1.165, 1.54) is 0 Å². The fourth-order valence-corrected chi connectivity index (χ4v) is 2.62. The number of carbonyl (C=O) groups excluding carboxylic acids is 1. The van der Waals surface area contributed by atoms with E-state index in [4.69, 9.17) is 5.73 Å². The predicted octanol–water partition coefficient (Wildman–Crippen LogP) is 3.18. The third-order valence-electron chi connectivity index (χ3n) is 3.52. The summed E-state index contributed by atoms with van der Waals surface area (Å²) in [6.07, 6.45) is 5.81. The minimum Gasteiger partial charge on any atom is -0.398 e. The van der Waals surface area contributed by atoms with Gasteiger partial charge in [0, 0.05) is 11.3 Å². The minimum absolute atomic E-state index is 0.0549. The molecule has 3 N–H and O–H groups in total. The number of H-pyrrole nitrogens is 1. The zero-order chi connectivity index (χ0) is 14.3. The monoisotopic (exact) mass is 265 g/mol. The number of nitrogens with zero attached hydrogens (tertiary/aromatic N) is 1. The van der Waals surface area contributed by atoms with Crippen molar-refractivity contribution in [3.8, 4) is 11.3 Å². The Morgan fingerprint density at radius 1 is 1.30 bits per heavy atom. The van der Waals surface area contributed by atoms with Gasteiger partial charge in [0.1, 0.15) is 5.69 Å². The van der Waals surface area contributed by atoms with Gasteiger partial charge in [0.05, 0.1) is 16.8 Å². The van der Waals surface area contributed by atoms with Gasteiger partial charge in [-0.1, -0.05) is 30.4 Å². The number of rotatable bonds is 2. The number of aromatic nitrogens is 2. The summed E-state index contributed by atoms with van der Waals surface area (Å²) in [4.78, 5) is 12.6. The number of carbonyl (C=O) groups is 1. The molecule has 1 heterocycles. The van der Waals surface area contributed by atoms with E-state index >= 15 is 0 Å². The highest BCUT2D eigenvalue weighted by Crippen LogP contribution is 2.40. The zero-order valence-corrected chi connectivity index (χ0v) is 11.4. The van der Waals surface area contributed by atoms with Crippen molar-refractivity contribution in [2.45, 2.75) is 13.8 Å². The number of allylic oxidation sites excluding steroid dienone is 4. The summed E-state index contributed by atoms with van der Waals surface area (Å²) in [6.45, 7) is 3.86. The van der Waals surface area contributed by atoms with Gasteiger partial charge in [-0.3, -0.25) is 9.89 Å². The number of nitrogens with two attached hydrogens (primary N) is 1. The van der Waals surface area contributed by atoms with Gasteiger partial charge in [0.15, 0.2) is 5.78 Å². The van der Waals surface area contributed by atoms with Gasteiger partial charge in [-0.2, -0.15) is 5.10 Å². The second-order valence-corrected chi connectivity index (χ2v) is 4.67. The highest BCUT2D eigenvalue weighted by Gasteiger charge is 2.34. The van der Waals surface area contributed by atoms with E-state index in [1.807, 2.05) is 44.2 Å². The number of benzene rings is 1. The molecule has 1 aromatic heterocycles. The molecule has 20 heavy (non-hydrogen) atoms. The molecule has 1 aromatic carbocycles. The molecule has 0 fully saturated rings. The summed E-state index contributed by atoms with van der Waals surface area (Å²) < 4.78 is 0. The van der Waals surface area contributed by atoms with E-state index in [0.29, 0.717) is 22.5 Å². The van der Waals surface area contributed by atoms with E-state index < -0.39 is 0 Å². The summed E-state index contributed by atoms with van der Waals surface area (Å²) in [5.74, 6) is -0.0549. The van der Waals surface area contributed by atoms with Crippen LogP contribution in [0.3, 0.4) is 0 Å². The van der Waals surface area contributed by atoms with Crippen LogP contribution in [0.5, 0.6) is 0 Å². The third kappa shape index (κ3) is 1.54. The van der Waals surface area contributed by atoms with Crippen LogP contribution in [0.25, 0.3) is 16.8 Å². The molecule has 0 aliphatic heterocycles. The number of nitrogens with one attached hydrogen (secondary N) is 1. The van der Waals surface area contributed by atoms with Gasteiger partial charge in [-0.05, 0) is 25.5 Å². The first-order valence-electron chi connectivity index (χ1n) is 6.50. The van der Waals surface area contributed by atoms with Crippen molar-refractivity contribution in [1.82, 2.24) is 10.2 Å². The highest BCUT2D eigenvalue weighted by atomic mass is 16.1. The Hall–Kier alpha value is -2.62. The second kappa shape index (κ2) is 4.49. The topological polar surface area (TPSA) is 71.8 Å². The van der Waals surface area contributed by atoms with Crippen molar-refractivity contribution in [3.63, 3.8) is 0 Å². The summed E-state index contributed by atoms with van der Waals surface area (Å²) >= 11 is 0. The molecule has 4 heteroatoms. The fraction of sp³-hybridized carbons (Fsp3) is 0.125. The summed E-state index contributed by atoms with van der Waals surface area (Å²) in [6, 6.07) is 5.49. The average Bonchev–Trinajstić information content (AvgIpc) is 2.98. The molecule has 0 radical (unpaired) electrons. The largest absolute Gasteiger partial charge is 0.398 e. The lowest BCUT2D eigenvalue weighted by Gasteiger charge is -2.02. The molecule has 0 saturated carbocycles. The molecule has 2 aromatic rings.